The van der Waals surface area contributed by atoms with Gasteiger partial charge in [-0.1, -0.05) is 152 Å². The monoisotopic (exact) mass is 612 g/mol. The summed E-state index contributed by atoms with van der Waals surface area (Å²) in [5.41, 5.74) is 4.89. The molecule has 0 aromatic heterocycles. The van der Waals surface area contributed by atoms with Gasteiger partial charge in [0.1, 0.15) is 6.17 Å². The third-order valence-corrected chi connectivity index (χ3v) is 10.3. The van der Waals surface area contributed by atoms with Gasteiger partial charge in [-0.05, 0) is 94.0 Å². The Hall–Kier alpha value is -5.96. The number of hydrogen-bond donors (Lipinski definition) is 2. The molecule has 2 atom stereocenters. The summed E-state index contributed by atoms with van der Waals surface area (Å²) in [6, 6.07) is 59.8. The van der Waals surface area contributed by atoms with Crippen LogP contribution in [0.1, 0.15) is 28.9 Å². The van der Waals surface area contributed by atoms with E-state index in [-0.39, 0.29) is 12.2 Å². The second kappa shape index (κ2) is 10.8. The predicted octanol–water partition coefficient (Wildman–Crippen LogP) is 11.6. The van der Waals surface area contributed by atoms with Crippen LogP contribution in [-0.2, 0) is 0 Å². The fourth-order valence-corrected chi connectivity index (χ4v) is 8.11. The molecule has 0 saturated carbocycles. The smallest absolute Gasteiger partial charge is 0.105 e. The molecule has 1 aliphatic rings. The van der Waals surface area contributed by atoms with Crippen molar-refractivity contribution >= 4 is 70.3 Å². The lowest BCUT2D eigenvalue weighted by Crippen LogP contribution is -2.40. The van der Waals surface area contributed by atoms with Gasteiger partial charge >= 0.3 is 0 Å². The highest BCUT2D eigenvalue weighted by Crippen LogP contribution is 2.42. The largest absolute Gasteiger partial charge is 0.366 e. The average molecular weight is 613 g/mol. The summed E-state index contributed by atoms with van der Waals surface area (Å²) in [5.74, 6) is 0. The van der Waals surface area contributed by atoms with E-state index in [1.54, 1.807) is 0 Å². The molecule has 1 heterocycles. The van der Waals surface area contributed by atoms with Crippen LogP contribution in [0, 0.1) is 0 Å². The molecule has 9 aromatic rings. The molecule has 10 rings (SSSR count). The molecule has 2 unspecified atom stereocenters. The Morgan fingerprint density at radius 2 is 0.833 bits per heavy atom. The summed E-state index contributed by atoms with van der Waals surface area (Å²) in [7, 11) is 0. The van der Waals surface area contributed by atoms with Crippen LogP contribution in [0.4, 0.5) is 0 Å². The number of hydrogen-bond acceptors (Lipinski definition) is 2. The van der Waals surface area contributed by atoms with Crippen LogP contribution >= 0.6 is 0 Å². The topological polar surface area (TPSA) is 24.1 Å². The van der Waals surface area contributed by atoms with E-state index in [1.807, 2.05) is 0 Å². The Kier molecular flexibility index (Phi) is 6.12. The van der Waals surface area contributed by atoms with E-state index < -0.39 is 0 Å². The van der Waals surface area contributed by atoms with E-state index in [2.05, 4.69) is 181 Å². The van der Waals surface area contributed by atoms with Gasteiger partial charge in [-0.15, -0.1) is 0 Å². The fraction of sp³-hybridized carbons (Fsp3) is 0.0435. The average Bonchev–Trinajstić information content (AvgIpc) is 3.16. The summed E-state index contributed by atoms with van der Waals surface area (Å²) in [5, 5.41) is 23.4. The van der Waals surface area contributed by atoms with Gasteiger partial charge in [0, 0.05) is 11.3 Å². The molecule has 2 N–H and O–H groups in total. The van der Waals surface area contributed by atoms with Gasteiger partial charge in [0.05, 0.1) is 6.04 Å². The van der Waals surface area contributed by atoms with Crippen molar-refractivity contribution in [3.63, 3.8) is 0 Å². The van der Waals surface area contributed by atoms with Crippen LogP contribution in [0.15, 0.2) is 170 Å². The Balaban J connectivity index is 1.27. The van der Waals surface area contributed by atoms with Crippen molar-refractivity contribution in [2.75, 3.05) is 0 Å². The molecule has 9 aromatic carbocycles. The van der Waals surface area contributed by atoms with Gasteiger partial charge in [-0.25, -0.2) is 0 Å². The number of rotatable bonds is 3. The number of benzene rings is 9. The zero-order chi connectivity index (χ0) is 31.6. The van der Waals surface area contributed by atoms with Crippen molar-refractivity contribution < 1.29 is 0 Å². The summed E-state index contributed by atoms with van der Waals surface area (Å²) < 4.78 is 0. The van der Waals surface area contributed by atoms with Crippen LogP contribution in [-0.4, -0.2) is 0 Å². The molecular weight excluding hydrogens is 581 g/mol. The van der Waals surface area contributed by atoms with Gasteiger partial charge in [0.25, 0.3) is 0 Å². The highest BCUT2D eigenvalue weighted by molar-refractivity contribution is 6.16. The molecule has 0 fully saturated rings. The van der Waals surface area contributed by atoms with Gasteiger partial charge in [-0.3, -0.25) is 5.32 Å². The Morgan fingerprint density at radius 1 is 0.354 bits per heavy atom. The van der Waals surface area contributed by atoms with Gasteiger partial charge in [-0.2, -0.15) is 0 Å². The fourth-order valence-electron chi connectivity index (χ4n) is 8.11. The van der Waals surface area contributed by atoms with Crippen molar-refractivity contribution in [1.82, 2.24) is 10.6 Å². The maximum atomic E-state index is 4.16. The first-order valence-corrected chi connectivity index (χ1v) is 16.8. The second-order valence-electron chi connectivity index (χ2n) is 13.0. The minimum Gasteiger partial charge on any atom is -0.366 e. The van der Waals surface area contributed by atoms with Gasteiger partial charge in [0.2, 0.25) is 0 Å². The normalized spacial score (nSPS) is 16.5. The Labute approximate surface area is 278 Å². The summed E-state index contributed by atoms with van der Waals surface area (Å²) in [6.45, 7) is 0. The molecule has 2 nitrogen and oxygen atoms in total. The molecule has 2 heteroatoms. The van der Waals surface area contributed by atoms with E-state index in [0.717, 1.165) is 5.70 Å². The highest BCUT2D eigenvalue weighted by Gasteiger charge is 2.29. The minimum absolute atomic E-state index is 0.0595. The molecule has 1 aliphatic heterocycles. The Morgan fingerprint density at radius 3 is 1.44 bits per heavy atom. The molecule has 0 aliphatic carbocycles. The lowest BCUT2D eigenvalue weighted by Gasteiger charge is -2.35. The first-order chi connectivity index (χ1) is 23.8. The van der Waals surface area contributed by atoms with Crippen LogP contribution in [0.25, 0.3) is 70.3 Å². The van der Waals surface area contributed by atoms with E-state index in [4.69, 9.17) is 0 Å². The lowest BCUT2D eigenvalue weighted by molar-refractivity contribution is 0.450. The molecule has 226 valence electrons. The first-order valence-electron chi connectivity index (χ1n) is 16.8. The van der Waals surface area contributed by atoms with Crippen LogP contribution in [0.2, 0.25) is 0 Å². The SMILES string of the molecule is C1=C(c2ccccc2)NC(c2c3ccccc3cc3c2ccc2ccccc23)NC1c1c2ccccc2cc2c1ccc1ccccc12. The van der Waals surface area contributed by atoms with Gasteiger partial charge in [0.15, 0.2) is 0 Å². The minimum atomic E-state index is -0.153. The molecule has 0 amide bonds. The van der Waals surface area contributed by atoms with E-state index in [0.29, 0.717) is 0 Å². The van der Waals surface area contributed by atoms with Crippen LogP contribution in [0.5, 0.6) is 0 Å². The highest BCUT2D eigenvalue weighted by atomic mass is 15.2. The maximum Gasteiger partial charge on any atom is 0.105 e. The first kappa shape index (κ1) is 27.2. The lowest BCUT2D eigenvalue weighted by atomic mass is 9.87. The van der Waals surface area contributed by atoms with E-state index >= 15 is 0 Å². The number of fused-ring (bicyclic) bond motifs is 8. The predicted molar refractivity (Wildman–Crippen MR) is 204 cm³/mol. The Bertz CT molecular complexity index is 2740. The summed E-state index contributed by atoms with van der Waals surface area (Å²) in [4.78, 5) is 0. The third kappa shape index (κ3) is 4.24. The molecule has 0 radical (unpaired) electrons. The van der Waals surface area contributed by atoms with E-state index in [1.165, 1.54) is 81.3 Å². The molecule has 0 saturated heterocycles. The van der Waals surface area contributed by atoms with Gasteiger partial charge < -0.3 is 5.32 Å². The molecule has 0 bridgehead atoms. The summed E-state index contributed by atoms with van der Waals surface area (Å²) >= 11 is 0. The summed E-state index contributed by atoms with van der Waals surface area (Å²) in [6.07, 6.45) is 2.24. The molecular formula is C46H32N2. The second-order valence-corrected chi connectivity index (χ2v) is 13.0. The standard InChI is InChI=1S/C46H32N2/c1-2-14-31(15-3-1)42-28-43(44-36-20-10-6-16-32(36)26-40-34-18-8-4-12-29(34)22-24-38(40)44)48-46(47-42)45-37-21-11-7-17-33(37)27-41-35-19-9-5-13-30(35)23-25-39(41)45/h1-28,43,46-48H. The maximum absolute atomic E-state index is 4.16. The van der Waals surface area contributed by atoms with E-state index in [9.17, 15) is 0 Å². The van der Waals surface area contributed by atoms with Crippen LogP contribution < -0.4 is 10.6 Å². The van der Waals surface area contributed by atoms with Crippen molar-refractivity contribution in [2.45, 2.75) is 12.2 Å². The van der Waals surface area contributed by atoms with Crippen LogP contribution in [0.3, 0.4) is 0 Å². The third-order valence-electron chi connectivity index (χ3n) is 10.3. The molecule has 0 spiro atoms. The quantitative estimate of drug-likeness (QED) is 0.153. The zero-order valence-electron chi connectivity index (χ0n) is 26.3. The molecule has 48 heavy (non-hydrogen) atoms. The zero-order valence-corrected chi connectivity index (χ0v) is 26.3. The van der Waals surface area contributed by atoms with Crippen molar-refractivity contribution in [3.05, 3.63) is 187 Å². The van der Waals surface area contributed by atoms with Crippen molar-refractivity contribution in [2.24, 2.45) is 0 Å². The van der Waals surface area contributed by atoms with Crippen molar-refractivity contribution in [1.29, 1.82) is 0 Å². The van der Waals surface area contributed by atoms with Crippen molar-refractivity contribution in [3.8, 4) is 0 Å². The number of nitrogens with one attached hydrogen (secondary N) is 2.